The lowest BCUT2D eigenvalue weighted by atomic mass is 10.0. The topological polar surface area (TPSA) is 69.6 Å². The van der Waals surface area contributed by atoms with Gasteiger partial charge in [0.25, 0.3) is 0 Å². The number of nitrogens with one attached hydrogen (secondary N) is 1. The van der Waals surface area contributed by atoms with E-state index < -0.39 is 12.1 Å². The van der Waals surface area contributed by atoms with Gasteiger partial charge in [-0.3, -0.25) is 4.79 Å². The highest BCUT2D eigenvalue weighted by Crippen LogP contribution is 2.16. The Balaban J connectivity index is 3.49. The summed E-state index contributed by atoms with van der Waals surface area (Å²) in [5.41, 5.74) is 0. The van der Waals surface area contributed by atoms with Crippen molar-refractivity contribution >= 4 is 5.91 Å². The first-order valence-electron chi connectivity index (χ1n) is 25.4. The predicted octanol–water partition coefficient (Wildman–Crippen LogP) is 16.3. The van der Waals surface area contributed by atoms with Crippen LogP contribution in [0.1, 0.15) is 264 Å². The van der Waals surface area contributed by atoms with Crippen molar-refractivity contribution < 1.29 is 15.0 Å². The Morgan fingerprint density at radius 1 is 0.421 bits per heavy atom. The number of hydrogen-bond acceptors (Lipinski definition) is 3. The van der Waals surface area contributed by atoms with Gasteiger partial charge < -0.3 is 15.5 Å². The van der Waals surface area contributed by atoms with Gasteiger partial charge in [0.05, 0.1) is 18.8 Å². The van der Waals surface area contributed by atoms with Gasteiger partial charge in [0.2, 0.25) is 5.91 Å². The minimum Gasteiger partial charge on any atom is -0.394 e. The van der Waals surface area contributed by atoms with E-state index in [-0.39, 0.29) is 12.5 Å². The average Bonchev–Trinajstić information content (AvgIpc) is 3.22. The first-order valence-corrected chi connectivity index (χ1v) is 25.4. The summed E-state index contributed by atoms with van der Waals surface area (Å²) < 4.78 is 0. The lowest BCUT2D eigenvalue weighted by molar-refractivity contribution is -0.123. The van der Waals surface area contributed by atoms with Crippen molar-refractivity contribution in [2.45, 2.75) is 276 Å². The van der Waals surface area contributed by atoms with Crippen molar-refractivity contribution in [3.63, 3.8) is 0 Å². The molecule has 0 heterocycles. The van der Waals surface area contributed by atoms with Crippen LogP contribution in [0.25, 0.3) is 0 Å². The minimum atomic E-state index is -0.869. The van der Waals surface area contributed by atoms with Crippen LogP contribution in [0.4, 0.5) is 0 Å². The summed E-state index contributed by atoms with van der Waals surface area (Å²) in [5, 5.41) is 23.0. The van der Waals surface area contributed by atoms with Gasteiger partial charge in [0.15, 0.2) is 0 Å². The van der Waals surface area contributed by atoms with Gasteiger partial charge in [-0.15, -0.1) is 0 Å². The summed E-state index contributed by atoms with van der Waals surface area (Å²) in [7, 11) is 0. The summed E-state index contributed by atoms with van der Waals surface area (Å²) in [5.74, 6) is -0.0884. The van der Waals surface area contributed by atoms with Gasteiger partial charge in [-0.1, -0.05) is 249 Å². The second-order valence-corrected chi connectivity index (χ2v) is 17.2. The lowest BCUT2D eigenvalue weighted by Crippen LogP contribution is -2.45. The van der Waals surface area contributed by atoms with Crippen LogP contribution in [0.15, 0.2) is 48.6 Å². The molecule has 334 valence electrons. The van der Waals surface area contributed by atoms with Crippen LogP contribution in [0.2, 0.25) is 0 Å². The molecule has 4 heteroatoms. The zero-order valence-corrected chi connectivity index (χ0v) is 38.4. The summed E-state index contributed by atoms with van der Waals surface area (Å²) in [6.07, 6.45) is 67.0. The molecule has 0 saturated heterocycles. The molecule has 0 radical (unpaired) electrons. The number of amides is 1. The fraction of sp³-hybridized carbons (Fsp3) is 0.830. The quantitative estimate of drug-likeness (QED) is 0.0424. The van der Waals surface area contributed by atoms with Crippen LogP contribution >= 0.6 is 0 Å². The Morgan fingerprint density at radius 2 is 0.772 bits per heavy atom. The van der Waals surface area contributed by atoms with E-state index in [1.165, 1.54) is 193 Å². The number of hydrogen-bond donors (Lipinski definition) is 3. The maximum absolute atomic E-state index is 12.4. The van der Waals surface area contributed by atoms with Crippen LogP contribution in [-0.4, -0.2) is 34.9 Å². The van der Waals surface area contributed by atoms with Crippen molar-refractivity contribution in [2.24, 2.45) is 0 Å². The van der Waals surface area contributed by atoms with Gasteiger partial charge >= 0.3 is 0 Å². The maximum Gasteiger partial charge on any atom is 0.220 e. The van der Waals surface area contributed by atoms with Crippen molar-refractivity contribution in [1.82, 2.24) is 5.32 Å². The highest BCUT2D eigenvalue weighted by Gasteiger charge is 2.17. The first kappa shape index (κ1) is 55.4. The Labute approximate surface area is 356 Å². The zero-order valence-electron chi connectivity index (χ0n) is 38.4. The molecule has 57 heavy (non-hydrogen) atoms. The minimum absolute atomic E-state index is 0.0884. The molecule has 0 aromatic heterocycles. The van der Waals surface area contributed by atoms with Crippen LogP contribution in [-0.2, 0) is 4.79 Å². The average molecular weight is 798 g/mol. The van der Waals surface area contributed by atoms with Crippen molar-refractivity contribution in [3.8, 4) is 0 Å². The molecule has 0 bridgehead atoms. The fourth-order valence-electron chi connectivity index (χ4n) is 7.65. The molecule has 4 nitrogen and oxygen atoms in total. The van der Waals surface area contributed by atoms with E-state index >= 15 is 0 Å². The van der Waals surface area contributed by atoms with Crippen molar-refractivity contribution in [1.29, 1.82) is 0 Å². The van der Waals surface area contributed by atoms with E-state index in [1.54, 1.807) is 6.08 Å². The third-order valence-electron chi connectivity index (χ3n) is 11.5. The normalized spacial score (nSPS) is 13.3. The molecular weight excluding hydrogens is 699 g/mol. The smallest absolute Gasteiger partial charge is 0.220 e. The highest BCUT2D eigenvalue weighted by atomic mass is 16.3. The van der Waals surface area contributed by atoms with Crippen LogP contribution in [0.3, 0.4) is 0 Å². The Bertz CT molecular complexity index is 908. The number of rotatable bonds is 46. The number of unbranched alkanes of at least 4 members (excludes halogenated alkanes) is 33. The summed E-state index contributed by atoms with van der Waals surface area (Å²) in [6, 6.07) is -0.647. The maximum atomic E-state index is 12.4. The molecule has 2 atom stereocenters. The molecule has 3 N–H and O–H groups in total. The molecule has 0 aliphatic carbocycles. The number of aliphatic hydroxyl groups is 2. The summed E-state index contributed by atoms with van der Waals surface area (Å²) >= 11 is 0. The fourth-order valence-corrected chi connectivity index (χ4v) is 7.65. The van der Waals surface area contributed by atoms with Gasteiger partial charge in [-0.25, -0.2) is 0 Å². The van der Waals surface area contributed by atoms with Crippen LogP contribution in [0, 0.1) is 0 Å². The molecule has 2 unspecified atom stereocenters. The van der Waals surface area contributed by atoms with E-state index in [2.05, 4.69) is 55.6 Å². The summed E-state index contributed by atoms with van der Waals surface area (Å²) in [6.45, 7) is 4.24. The van der Waals surface area contributed by atoms with Gasteiger partial charge in [-0.2, -0.15) is 0 Å². The van der Waals surface area contributed by atoms with E-state index in [0.29, 0.717) is 6.42 Å². The highest BCUT2D eigenvalue weighted by molar-refractivity contribution is 5.76. The van der Waals surface area contributed by atoms with E-state index in [1.807, 2.05) is 6.08 Å². The molecule has 1 amide bonds. The molecule has 0 fully saturated rings. The molecule has 0 saturated carbocycles. The van der Waals surface area contributed by atoms with E-state index in [4.69, 9.17) is 0 Å². The second-order valence-electron chi connectivity index (χ2n) is 17.2. The van der Waals surface area contributed by atoms with Crippen LogP contribution < -0.4 is 5.32 Å². The number of aliphatic hydroxyl groups excluding tert-OH is 2. The molecule has 0 aromatic rings. The Kier molecular flexibility index (Phi) is 47.3. The third kappa shape index (κ3) is 45.3. The van der Waals surface area contributed by atoms with Gasteiger partial charge in [-0.05, 0) is 57.8 Å². The monoisotopic (exact) mass is 798 g/mol. The largest absolute Gasteiger partial charge is 0.394 e. The Hall–Kier alpha value is -1.65. The van der Waals surface area contributed by atoms with Crippen molar-refractivity contribution in [3.05, 3.63) is 48.6 Å². The number of allylic oxidation sites excluding steroid dienone is 7. The molecule has 0 aliphatic heterocycles. The number of carbonyl (C=O) groups is 1. The standard InChI is InChI=1S/C53H99NO3/c1-3-5-7-9-11-13-15-17-18-19-20-21-22-23-24-25-26-27-28-29-30-31-32-33-34-35-37-38-40-42-44-46-48-52(56)51(50-55)54-53(57)49-47-45-43-41-39-36-16-14-12-10-8-6-4-2/h8,10,14,16,38,40,46,48,51-52,55-56H,3-7,9,11-13,15,17-37,39,41-45,47,49-50H2,1-2H3,(H,54,57)/b10-8-,16-14-,40-38+,48-46+. The molecule has 0 aliphatic rings. The van der Waals surface area contributed by atoms with Crippen molar-refractivity contribution in [2.75, 3.05) is 6.61 Å². The lowest BCUT2D eigenvalue weighted by Gasteiger charge is -2.19. The summed E-state index contributed by atoms with van der Waals surface area (Å²) in [4.78, 5) is 12.4. The van der Waals surface area contributed by atoms with Crippen LogP contribution in [0.5, 0.6) is 0 Å². The molecular formula is C53H99NO3. The van der Waals surface area contributed by atoms with Gasteiger partial charge in [0.1, 0.15) is 0 Å². The SMILES string of the molecule is CCC/C=C\C/C=C\CCCCCCCC(=O)NC(CO)C(O)/C=C/CC/C=C/CCCCCCCCCCCCCCCCCCCCCCCCCCCC. The first-order chi connectivity index (χ1) is 28.2. The predicted molar refractivity (Wildman–Crippen MR) is 253 cm³/mol. The second kappa shape index (κ2) is 48.7. The zero-order chi connectivity index (χ0) is 41.4. The van der Waals surface area contributed by atoms with E-state index in [9.17, 15) is 15.0 Å². The molecule has 0 spiro atoms. The van der Waals surface area contributed by atoms with E-state index in [0.717, 1.165) is 51.4 Å². The van der Waals surface area contributed by atoms with Gasteiger partial charge in [0, 0.05) is 6.42 Å². The molecule has 0 aromatic carbocycles. The Morgan fingerprint density at radius 3 is 1.19 bits per heavy atom. The molecule has 0 rings (SSSR count). The third-order valence-corrected chi connectivity index (χ3v) is 11.5. The number of carbonyl (C=O) groups excluding carboxylic acids is 1.